The first-order chi connectivity index (χ1) is 12.0. The van der Waals surface area contributed by atoms with Crippen LogP contribution in [0.25, 0.3) is 6.08 Å². The van der Waals surface area contributed by atoms with Gasteiger partial charge >= 0.3 is 0 Å². The van der Waals surface area contributed by atoms with Crippen molar-refractivity contribution in [3.05, 3.63) is 58.8 Å². The number of amides is 2. The molecule has 0 saturated carbocycles. The number of para-hydroxylation sites is 1. The van der Waals surface area contributed by atoms with Crippen LogP contribution in [0.3, 0.4) is 0 Å². The van der Waals surface area contributed by atoms with Crippen LogP contribution in [0.4, 0.5) is 14.9 Å². The van der Waals surface area contributed by atoms with E-state index in [0.717, 1.165) is 16.7 Å². The summed E-state index contributed by atoms with van der Waals surface area (Å²) in [6.07, 6.45) is 1.55. The molecule has 0 bridgehead atoms. The molecule has 0 N–H and O–H groups in total. The standard InChI is InChI=1S/C18H14FNO4S/c1-23-12-8-7-11(15(10-12)24-2)9-16-17(21)20(18(22)25-16)14-6-4-3-5-13(14)19/h3-10H,1-2H3/b16-9-. The molecule has 0 unspecified atom stereocenters. The lowest BCUT2D eigenvalue weighted by Crippen LogP contribution is -2.28. The molecule has 0 atom stereocenters. The highest BCUT2D eigenvalue weighted by Gasteiger charge is 2.37. The van der Waals surface area contributed by atoms with Crippen molar-refractivity contribution < 1.29 is 23.5 Å². The van der Waals surface area contributed by atoms with Crippen LogP contribution in [0.5, 0.6) is 11.5 Å². The van der Waals surface area contributed by atoms with E-state index in [4.69, 9.17) is 9.47 Å². The van der Waals surface area contributed by atoms with Gasteiger partial charge in [-0.3, -0.25) is 9.59 Å². The number of imide groups is 1. The van der Waals surface area contributed by atoms with E-state index in [0.29, 0.717) is 17.1 Å². The number of hydrogen-bond donors (Lipinski definition) is 0. The lowest BCUT2D eigenvalue weighted by molar-refractivity contribution is -0.113. The lowest BCUT2D eigenvalue weighted by atomic mass is 10.1. The summed E-state index contributed by atoms with van der Waals surface area (Å²) in [5, 5.41) is -0.547. The smallest absolute Gasteiger partial charge is 0.298 e. The number of carbonyl (C=O) groups excluding carboxylic acids is 2. The van der Waals surface area contributed by atoms with Gasteiger partial charge in [-0.15, -0.1) is 0 Å². The third-order valence-electron chi connectivity index (χ3n) is 3.61. The normalized spacial score (nSPS) is 15.8. The van der Waals surface area contributed by atoms with Crippen molar-refractivity contribution in [3.8, 4) is 11.5 Å². The highest BCUT2D eigenvalue weighted by Crippen LogP contribution is 2.38. The Bertz CT molecular complexity index is 881. The van der Waals surface area contributed by atoms with E-state index < -0.39 is 17.0 Å². The number of hydrogen-bond acceptors (Lipinski definition) is 5. The van der Waals surface area contributed by atoms with Crippen molar-refractivity contribution in [1.29, 1.82) is 0 Å². The minimum atomic E-state index is -0.631. The number of rotatable bonds is 4. The van der Waals surface area contributed by atoms with Gasteiger partial charge in [0.2, 0.25) is 0 Å². The van der Waals surface area contributed by atoms with Gasteiger partial charge in [-0.1, -0.05) is 12.1 Å². The van der Waals surface area contributed by atoms with Gasteiger partial charge in [-0.2, -0.15) is 0 Å². The molecule has 1 heterocycles. The second-order valence-corrected chi connectivity index (χ2v) is 6.07. The Hall–Kier alpha value is -2.80. The van der Waals surface area contributed by atoms with Gasteiger partial charge < -0.3 is 9.47 Å². The summed E-state index contributed by atoms with van der Waals surface area (Å²) in [6.45, 7) is 0. The van der Waals surface area contributed by atoms with E-state index in [-0.39, 0.29) is 10.6 Å². The summed E-state index contributed by atoms with van der Waals surface area (Å²) in [5.74, 6) is -0.100. The van der Waals surface area contributed by atoms with Crippen molar-refractivity contribution in [2.75, 3.05) is 19.1 Å². The van der Waals surface area contributed by atoms with E-state index >= 15 is 0 Å². The Morgan fingerprint density at radius 3 is 2.52 bits per heavy atom. The van der Waals surface area contributed by atoms with Crippen LogP contribution < -0.4 is 14.4 Å². The fraction of sp³-hybridized carbons (Fsp3) is 0.111. The summed E-state index contributed by atoms with van der Waals surface area (Å²) in [6, 6.07) is 10.8. The summed E-state index contributed by atoms with van der Waals surface area (Å²) in [7, 11) is 3.03. The molecule has 2 amide bonds. The van der Waals surface area contributed by atoms with Crippen LogP contribution in [-0.4, -0.2) is 25.4 Å². The summed E-state index contributed by atoms with van der Waals surface area (Å²) >= 11 is 0.754. The van der Waals surface area contributed by atoms with E-state index in [1.165, 1.54) is 32.4 Å². The number of halogens is 1. The average molecular weight is 359 g/mol. The Labute approximate surface area is 148 Å². The van der Waals surface area contributed by atoms with Crippen LogP contribution in [0.15, 0.2) is 47.4 Å². The zero-order chi connectivity index (χ0) is 18.0. The van der Waals surface area contributed by atoms with Crippen LogP contribution in [0.1, 0.15) is 5.56 Å². The number of carbonyl (C=O) groups is 2. The highest BCUT2D eigenvalue weighted by molar-refractivity contribution is 8.19. The van der Waals surface area contributed by atoms with E-state index in [1.807, 2.05) is 0 Å². The van der Waals surface area contributed by atoms with Gasteiger partial charge in [0.15, 0.2) is 0 Å². The van der Waals surface area contributed by atoms with Gasteiger partial charge in [0, 0.05) is 11.6 Å². The van der Waals surface area contributed by atoms with Crippen LogP contribution in [0.2, 0.25) is 0 Å². The Balaban J connectivity index is 1.97. The molecule has 2 aromatic carbocycles. The van der Waals surface area contributed by atoms with Crippen molar-refractivity contribution >= 4 is 34.7 Å². The first kappa shape index (κ1) is 17.0. The number of benzene rings is 2. The second kappa shape index (κ2) is 6.98. The number of methoxy groups -OCH3 is 2. The molecular weight excluding hydrogens is 345 g/mol. The molecule has 128 valence electrons. The molecule has 0 aromatic heterocycles. The number of anilines is 1. The maximum absolute atomic E-state index is 13.9. The zero-order valence-electron chi connectivity index (χ0n) is 13.5. The van der Waals surface area contributed by atoms with E-state index in [2.05, 4.69) is 0 Å². The van der Waals surface area contributed by atoms with Gasteiger partial charge in [-0.25, -0.2) is 9.29 Å². The molecule has 1 aliphatic rings. The molecule has 1 aliphatic heterocycles. The molecule has 3 rings (SSSR count). The maximum Gasteiger partial charge on any atom is 0.298 e. The third kappa shape index (κ3) is 3.23. The van der Waals surface area contributed by atoms with E-state index in [1.54, 1.807) is 30.3 Å². The Kier molecular flexibility index (Phi) is 4.76. The second-order valence-electron chi connectivity index (χ2n) is 5.08. The van der Waals surface area contributed by atoms with Crippen LogP contribution in [0, 0.1) is 5.82 Å². The predicted octanol–water partition coefficient (Wildman–Crippen LogP) is 4.08. The number of thioether (sulfide) groups is 1. The summed E-state index contributed by atoms with van der Waals surface area (Å²) < 4.78 is 24.4. The molecule has 5 nitrogen and oxygen atoms in total. The minimum Gasteiger partial charge on any atom is -0.497 e. The minimum absolute atomic E-state index is 0.0601. The molecule has 0 aliphatic carbocycles. The first-order valence-corrected chi connectivity index (χ1v) is 8.11. The molecule has 25 heavy (non-hydrogen) atoms. The quantitative estimate of drug-likeness (QED) is 0.770. The Morgan fingerprint density at radius 1 is 1.08 bits per heavy atom. The van der Waals surface area contributed by atoms with Gasteiger partial charge in [0.05, 0.1) is 24.8 Å². The van der Waals surface area contributed by atoms with Crippen molar-refractivity contribution in [2.24, 2.45) is 0 Å². The van der Waals surface area contributed by atoms with Crippen LogP contribution >= 0.6 is 11.8 Å². The largest absolute Gasteiger partial charge is 0.497 e. The topological polar surface area (TPSA) is 55.8 Å². The van der Waals surface area contributed by atoms with Crippen molar-refractivity contribution in [3.63, 3.8) is 0 Å². The molecule has 2 aromatic rings. The average Bonchev–Trinajstić information content (AvgIpc) is 2.89. The summed E-state index contributed by atoms with van der Waals surface area (Å²) in [4.78, 5) is 25.8. The molecular formula is C18H14FNO4S. The number of ether oxygens (including phenoxy) is 2. The highest BCUT2D eigenvalue weighted by atomic mass is 32.2. The van der Waals surface area contributed by atoms with Gasteiger partial charge in [0.25, 0.3) is 11.1 Å². The molecule has 1 fully saturated rings. The lowest BCUT2D eigenvalue weighted by Gasteiger charge is -2.13. The van der Waals surface area contributed by atoms with Gasteiger partial charge in [0.1, 0.15) is 17.3 Å². The molecule has 1 saturated heterocycles. The summed E-state index contributed by atoms with van der Waals surface area (Å²) in [5.41, 5.74) is 0.553. The monoisotopic (exact) mass is 359 g/mol. The van der Waals surface area contributed by atoms with Crippen LogP contribution in [-0.2, 0) is 4.79 Å². The van der Waals surface area contributed by atoms with Gasteiger partial charge in [-0.05, 0) is 42.1 Å². The van der Waals surface area contributed by atoms with Crippen molar-refractivity contribution in [1.82, 2.24) is 0 Å². The number of nitrogens with zero attached hydrogens (tertiary/aromatic N) is 1. The van der Waals surface area contributed by atoms with Crippen molar-refractivity contribution in [2.45, 2.75) is 0 Å². The fourth-order valence-corrected chi connectivity index (χ4v) is 3.21. The van der Waals surface area contributed by atoms with E-state index in [9.17, 15) is 14.0 Å². The first-order valence-electron chi connectivity index (χ1n) is 7.29. The SMILES string of the molecule is COc1ccc(/C=C2\SC(=O)N(c3ccccc3F)C2=O)c(OC)c1. The zero-order valence-corrected chi connectivity index (χ0v) is 14.3. The Morgan fingerprint density at radius 2 is 1.84 bits per heavy atom. The predicted molar refractivity (Wildman–Crippen MR) is 94.4 cm³/mol. The molecule has 7 heteroatoms. The third-order valence-corrected chi connectivity index (χ3v) is 4.48. The maximum atomic E-state index is 13.9. The molecule has 0 radical (unpaired) electrons. The molecule has 0 spiro atoms. The fourth-order valence-electron chi connectivity index (χ4n) is 2.39.